The number of carbonyl (C=O) groups is 2. The van der Waals surface area contributed by atoms with Crippen LogP contribution in [0.4, 0.5) is 4.39 Å². The first kappa shape index (κ1) is 18.6. The molecular formula is C19H21FN2O3. The van der Waals surface area contributed by atoms with Crippen molar-refractivity contribution in [3.05, 3.63) is 70.8 Å². The second kappa shape index (κ2) is 7.44. The van der Waals surface area contributed by atoms with E-state index in [1.807, 2.05) is 6.92 Å². The van der Waals surface area contributed by atoms with E-state index in [9.17, 15) is 19.1 Å². The normalized spacial score (nSPS) is 13.1. The fourth-order valence-corrected chi connectivity index (χ4v) is 2.42. The number of alkyl halides is 1. The molecule has 3 N–H and O–H groups in total. The first-order chi connectivity index (χ1) is 11.7. The quantitative estimate of drug-likeness (QED) is 0.845. The molecular weight excluding hydrogens is 323 g/mol. The Labute approximate surface area is 145 Å². The monoisotopic (exact) mass is 344 g/mol. The van der Waals surface area contributed by atoms with E-state index in [0.29, 0.717) is 24.2 Å². The molecule has 1 atom stereocenters. The number of rotatable bonds is 6. The highest BCUT2D eigenvalue weighted by molar-refractivity contribution is 5.94. The van der Waals surface area contributed by atoms with Crippen molar-refractivity contribution in [3.8, 4) is 0 Å². The third-order valence-electron chi connectivity index (χ3n) is 3.94. The number of primary amides is 1. The summed E-state index contributed by atoms with van der Waals surface area (Å²) in [7, 11) is 0. The average molecular weight is 344 g/mol. The van der Waals surface area contributed by atoms with Crippen molar-refractivity contribution in [2.45, 2.75) is 26.2 Å². The molecule has 0 aliphatic heterocycles. The number of aliphatic hydroxyl groups is 1. The van der Waals surface area contributed by atoms with Gasteiger partial charge in [0.2, 0.25) is 11.8 Å². The maximum absolute atomic E-state index is 13.5. The summed E-state index contributed by atoms with van der Waals surface area (Å²) in [5.41, 5.74) is 6.98. The van der Waals surface area contributed by atoms with E-state index in [1.165, 1.54) is 24.3 Å². The van der Waals surface area contributed by atoms with Crippen LogP contribution < -0.4 is 5.73 Å². The smallest absolute Gasteiger partial charge is 0.254 e. The average Bonchev–Trinajstić information content (AvgIpc) is 2.59. The van der Waals surface area contributed by atoms with Crippen LogP contribution in [0.3, 0.4) is 0 Å². The van der Waals surface area contributed by atoms with Crippen LogP contribution in [0.15, 0.2) is 48.5 Å². The minimum atomic E-state index is -2.44. The van der Waals surface area contributed by atoms with Gasteiger partial charge in [-0.25, -0.2) is 4.39 Å². The van der Waals surface area contributed by atoms with Crippen LogP contribution in [0, 0.1) is 0 Å². The molecule has 0 aromatic heterocycles. The number of halogens is 1. The molecule has 132 valence electrons. The maximum atomic E-state index is 13.5. The summed E-state index contributed by atoms with van der Waals surface area (Å²) in [4.78, 5) is 25.3. The maximum Gasteiger partial charge on any atom is 0.254 e. The molecule has 0 heterocycles. The lowest BCUT2D eigenvalue weighted by Crippen LogP contribution is -2.30. The van der Waals surface area contributed by atoms with Crippen molar-refractivity contribution in [2.24, 2.45) is 5.73 Å². The van der Waals surface area contributed by atoms with Crippen molar-refractivity contribution < 1.29 is 19.1 Å². The summed E-state index contributed by atoms with van der Waals surface area (Å²) in [6.45, 7) is 3.75. The first-order valence-corrected chi connectivity index (χ1v) is 7.92. The van der Waals surface area contributed by atoms with Gasteiger partial charge in [-0.1, -0.05) is 24.3 Å². The van der Waals surface area contributed by atoms with Crippen molar-refractivity contribution >= 4 is 11.8 Å². The van der Waals surface area contributed by atoms with Gasteiger partial charge in [0.05, 0.1) is 0 Å². The van der Waals surface area contributed by atoms with E-state index in [1.54, 1.807) is 29.2 Å². The minimum absolute atomic E-state index is 0.0918. The fourth-order valence-electron chi connectivity index (χ4n) is 2.42. The molecule has 0 fully saturated rings. The molecule has 1 unspecified atom stereocenters. The van der Waals surface area contributed by atoms with Crippen LogP contribution in [-0.4, -0.2) is 28.4 Å². The van der Waals surface area contributed by atoms with Gasteiger partial charge in [-0.05, 0) is 43.7 Å². The van der Waals surface area contributed by atoms with Gasteiger partial charge in [0.1, 0.15) is 0 Å². The topological polar surface area (TPSA) is 83.6 Å². The van der Waals surface area contributed by atoms with E-state index in [-0.39, 0.29) is 11.5 Å². The zero-order valence-electron chi connectivity index (χ0n) is 14.2. The molecule has 2 amide bonds. The summed E-state index contributed by atoms with van der Waals surface area (Å²) in [5.74, 6) is -3.14. The van der Waals surface area contributed by atoms with Gasteiger partial charge in [-0.2, -0.15) is 0 Å². The SMILES string of the molecule is CCN(Cc1ccc(C(N)=O)cc1)C(=O)c1ccc(C(C)(O)F)cc1. The molecule has 0 aliphatic rings. The molecule has 0 saturated carbocycles. The summed E-state index contributed by atoms with van der Waals surface area (Å²) < 4.78 is 13.5. The predicted molar refractivity (Wildman–Crippen MR) is 92.5 cm³/mol. The molecule has 0 saturated heterocycles. The fraction of sp³-hybridized carbons (Fsp3) is 0.263. The second-order valence-corrected chi connectivity index (χ2v) is 5.91. The lowest BCUT2D eigenvalue weighted by atomic mass is 10.1. The third-order valence-corrected chi connectivity index (χ3v) is 3.94. The Hall–Kier alpha value is -2.73. The number of benzene rings is 2. The number of carbonyl (C=O) groups excluding carboxylic acids is 2. The van der Waals surface area contributed by atoms with Crippen molar-refractivity contribution in [1.82, 2.24) is 4.90 Å². The Morgan fingerprint density at radius 3 is 2.04 bits per heavy atom. The summed E-state index contributed by atoms with van der Waals surface area (Å²) in [6, 6.07) is 12.5. The van der Waals surface area contributed by atoms with E-state index in [2.05, 4.69) is 0 Å². The number of hydrogen-bond donors (Lipinski definition) is 2. The van der Waals surface area contributed by atoms with Crippen LogP contribution in [0.25, 0.3) is 0 Å². The van der Waals surface area contributed by atoms with Crippen LogP contribution in [0.5, 0.6) is 0 Å². The molecule has 0 aliphatic carbocycles. The first-order valence-electron chi connectivity index (χ1n) is 7.92. The molecule has 25 heavy (non-hydrogen) atoms. The van der Waals surface area contributed by atoms with E-state index in [0.717, 1.165) is 12.5 Å². The van der Waals surface area contributed by atoms with Gasteiger partial charge in [-0.15, -0.1) is 0 Å². The van der Waals surface area contributed by atoms with Gasteiger partial charge < -0.3 is 15.7 Å². The molecule has 2 aromatic carbocycles. The largest absolute Gasteiger partial charge is 0.366 e. The molecule has 0 bridgehead atoms. The molecule has 5 nitrogen and oxygen atoms in total. The lowest BCUT2D eigenvalue weighted by Gasteiger charge is -2.22. The second-order valence-electron chi connectivity index (χ2n) is 5.91. The highest BCUT2D eigenvalue weighted by atomic mass is 19.2. The number of nitrogens with zero attached hydrogens (tertiary/aromatic N) is 1. The van der Waals surface area contributed by atoms with E-state index >= 15 is 0 Å². The minimum Gasteiger partial charge on any atom is -0.366 e. The Kier molecular flexibility index (Phi) is 5.54. The zero-order chi connectivity index (χ0) is 18.6. The van der Waals surface area contributed by atoms with Gasteiger partial charge >= 0.3 is 0 Å². The number of amides is 2. The number of hydrogen-bond acceptors (Lipinski definition) is 3. The number of nitrogens with two attached hydrogens (primary N) is 1. The van der Waals surface area contributed by atoms with E-state index in [4.69, 9.17) is 5.73 Å². The summed E-state index contributed by atoms with van der Waals surface area (Å²) in [5, 5.41) is 9.34. The molecule has 0 radical (unpaired) electrons. The molecule has 6 heteroatoms. The van der Waals surface area contributed by atoms with Crippen LogP contribution in [0.1, 0.15) is 45.7 Å². The predicted octanol–water partition coefficient (Wildman–Crippen LogP) is 2.58. The Bertz CT molecular complexity index is 750. The lowest BCUT2D eigenvalue weighted by molar-refractivity contribution is -0.0769. The molecule has 2 rings (SSSR count). The third kappa shape index (κ3) is 4.64. The Morgan fingerprint density at radius 1 is 1.08 bits per heavy atom. The zero-order valence-corrected chi connectivity index (χ0v) is 14.2. The van der Waals surface area contributed by atoms with Crippen molar-refractivity contribution in [2.75, 3.05) is 6.54 Å². The Morgan fingerprint density at radius 2 is 1.60 bits per heavy atom. The van der Waals surface area contributed by atoms with Gasteiger partial charge in [0.25, 0.3) is 5.91 Å². The van der Waals surface area contributed by atoms with Crippen LogP contribution in [-0.2, 0) is 12.4 Å². The summed E-state index contributed by atoms with van der Waals surface area (Å²) in [6.07, 6.45) is 0. The Balaban J connectivity index is 2.14. The van der Waals surface area contributed by atoms with Crippen LogP contribution >= 0.6 is 0 Å². The summed E-state index contributed by atoms with van der Waals surface area (Å²) >= 11 is 0. The van der Waals surface area contributed by atoms with Gasteiger partial charge in [0.15, 0.2) is 0 Å². The highest BCUT2D eigenvalue weighted by Crippen LogP contribution is 2.22. The highest BCUT2D eigenvalue weighted by Gasteiger charge is 2.22. The van der Waals surface area contributed by atoms with Gasteiger partial charge in [-0.3, -0.25) is 9.59 Å². The van der Waals surface area contributed by atoms with E-state index < -0.39 is 11.8 Å². The van der Waals surface area contributed by atoms with Crippen LogP contribution in [0.2, 0.25) is 0 Å². The standard InChI is InChI=1S/C19H21FN2O3/c1-3-22(12-13-4-6-14(7-5-13)17(21)23)18(24)15-8-10-16(11-9-15)19(2,20)25/h4-11,25H,3,12H2,1-2H3,(H2,21,23). The molecule has 0 spiro atoms. The van der Waals surface area contributed by atoms with Crippen molar-refractivity contribution in [1.29, 1.82) is 0 Å². The van der Waals surface area contributed by atoms with Gasteiger partial charge in [0, 0.05) is 29.8 Å². The molecule has 2 aromatic rings. The van der Waals surface area contributed by atoms with Crippen molar-refractivity contribution in [3.63, 3.8) is 0 Å².